The maximum absolute atomic E-state index is 12.4. The largest absolute Gasteiger partial charge is 0.465 e. The molecule has 0 saturated heterocycles. The van der Waals surface area contributed by atoms with Crippen molar-refractivity contribution in [3.63, 3.8) is 0 Å². The number of carbonyl (C=O) groups is 1. The third-order valence-electron chi connectivity index (χ3n) is 6.38. The van der Waals surface area contributed by atoms with Crippen LogP contribution in [0.2, 0.25) is 0 Å². The van der Waals surface area contributed by atoms with Gasteiger partial charge in [0.2, 0.25) is 0 Å². The first-order valence-corrected chi connectivity index (χ1v) is 10.6. The second kappa shape index (κ2) is 10.3. The summed E-state index contributed by atoms with van der Waals surface area (Å²) in [5.41, 5.74) is 5.70. The molecule has 1 saturated carbocycles. The van der Waals surface area contributed by atoms with Gasteiger partial charge in [-0.25, -0.2) is 0 Å². The summed E-state index contributed by atoms with van der Waals surface area (Å²) in [5.74, 6) is 0.912. The van der Waals surface area contributed by atoms with E-state index in [1.807, 2.05) is 6.92 Å². The van der Waals surface area contributed by atoms with Gasteiger partial charge in [-0.3, -0.25) is 4.79 Å². The highest BCUT2D eigenvalue weighted by molar-refractivity contribution is 5.71. The van der Waals surface area contributed by atoms with Gasteiger partial charge in [0.1, 0.15) is 0 Å². The van der Waals surface area contributed by atoms with Crippen LogP contribution in [0.15, 0.2) is 34.9 Å². The second-order valence-corrected chi connectivity index (χ2v) is 9.62. The minimum absolute atomic E-state index is 0.0228. The molecule has 0 aromatic carbocycles. The average molecular weight is 375 g/mol. The lowest BCUT2D eigenvalue weighted by Crippen LogP contribution is -2.41. The predicted molar refractivity (Wildman–Crippen MR) is 117 cm³/mol. The minimum atomic E-state index is -0.0346. The maximum atomic E-state index is 12.4. The summed E-state index contributed by atoms with van der Waals surface area (Å²) < 4.78 is 5.67. The van der Waals surface area contributed by atoms with Crippen molar-refractivity contribution in [2.24, 2.45) is 23.2 Å². The van der Waals surface area contributed by atoms with Crippen LogP contribution >= 0.6 is 0 Å². The zero-order valence-corrected chi connectivity index (χ0v) is 19.1. The summed E-state index contributed by atoms with van der Waals surface area (Å²) in [7, 11) is 0. The molecule has 0 bridgehead atoms. The Morgan fingerprint density at radius 2 is 1.85 bits per heavy atom. The van der Waals surface area contributed by atoms with E-state index in [1.165, 1.54) is 22.3 Å². The van der Waals surface area contributed by atoms with E-state index >= 15 is 0 Å². The molecule has 1 aliphatic carbocycles. The van der Waals surface area contributed by atoms with E-state index in [2.05, 4.69) is 61.1 Å². The molecule has 0 aliphatic heterocycles. The fraction of sp³-hybridized carbons (Fsp3) is 0.720. The minimum Gasteiger partial charge on any atom is -0.465 e. The molecule has 2 nitrogen and oxygen atoms in total. The molecule has 27 heavy (non-hydrogen) atoms. The summed E-state index contributed by atoms with van der Waals surface area (Å²) in [6, 6.07) is 0. The van der Waals surface area contributed by atoms with Crippen molar-refractivity contribution >= 4 is 5.97 Å². The van der Waals surface area contributed by atoms with Crippen LogP contribution in [0.3, 0.4) is 0 Å². The molecule has 0 aromatic heterocycles. The number of carbonyl (C=O) groups excluding carboxylic acids is 1. The summed E-state index contributed by atoms with van der Waals surface area (Å²) in [6.45, 7) is 22.0. The Balaban J connectivity index is 2.37. The molecular formula is C25H42O2. The van der Waals surface area contributed by atoms with Crippen LogP contribution in [-0.2, 0) is 9.53 Å². The first kappa shape index (κ1) is 23.7. The molecule has 0 heterocycles. The first-order valence-electron chi connectivity index (χ1n) is 10.6. The Morgan fingerprint density at radius 1 is 1.22 bits per heavy atom. The number of rotatable bonds is 10. The fourth-order valence-electron chi connectivity index (χ4n) is 4.05. The molecule has 3 atom stereocenters. The third kappa shape index (κ3) is 6.97. The Labute approximate surface area is 168 Å². The molecule has 0 aromatic rings. The van der Waals surface area contributed by atoms with Crippen LogP contribution in [0.25, 0.3) is 0 Å². The molecule has 1 fully saturated rings. The van der Waals surface area contributed by atoms with E-state index in [0.29, 0.717) is 18.4 Å². The van der Waals surface area contributed by atoms with Gasteiger partial charge in [-0.2, -0.15) is 0 Å². The molecule has 0 amide bonds. The van der Waals surface area contributed by atoms with Gasteiger partial charge in [0.05, 0.1) is 12.5 Å². The van der Waals surface area contributed by atoms with Crippen LogP contribution in [0.5, 0.6) is 0 Å². The van der Waals surface area contributed by atoms with E-state index in [9.17, 15) is 4.79 Å². The smallest absolute Gasteiger partial charge is 0.308 e. The van der Waals surface area contributed by atoms with Gasteiger partial charge in [0.25, 0.3) is 0 Å². The lowest BCUT2D eigenvalue weighted by atomic mass is 9.58. The molecule has 0 radical (unpaired) electrons. The summed E-state index contributed by atoms with van der Waals surface area (Å²) in [5, 5.41) is 0. The summed E-state index contributed by atoms with van der Waals surface area (Å²) in [6.07, 6.45) is 7.45. The zero-order chi connectivity index (χ0) is 20.8. The molecule has 154 valence electrons. The van der Waals surface area contributed by atoms with Crippen molar-refractivity contribution in [1.82, 2.24) is 0 Å². The van der Waals surface area contributed by atoms with Crippen molar-refractivity contribution in [2.75, 3.05) is 6.61 Å². The van der Waals surface area contributed by atoms with Gasteiger partial charge in [-0.05, 0) is 71.6 Å². The van der Waals surface area contributed by atoms with Crippen molar-refractivity contribution in [3.05, 3.63) is 34.9 Å². The van der Waals surface area contributed by atoms with Gasteiger partial charge >= 0.3 is 5.97 Å². The maximum Gasteiger partial charge on any atom is 0.308 e. The standard InChI is InChI=1S/C25H42O2/c1-17(2)13-14-21(18(3)4)12-10-11-20(7)24(26)27-16-22-15-23(19(5)6)25(22,8)9/h13,20-22H,3,10-12,14-16H2,1-2,4-9H3. The highest BCUT2D eigenvalue weighted by Gasteiger charge is 2.44. The average Bonchev–Trinajstić information content (AvgIpc) is 2.55. The summed E-state index contributed by atoms with van der Waals surface area (Å²) >= 11 is 0. The van der Waals surface area contributed by atoms with Gasteiger partial charge in [0.15, 0.2) is 0 Å². The molecule has 3 unspecified atom stereocenters. The van der Waals surface area contributed by atoms with Gasteiger partial charge in [-0.15, -0.1) is 0 Å². The fourth-order valence-corrected chi connectivity index (χ4v) is 4.05. The van der Waals surface area contributed by atoms with Crippen LogP contribution < -0.4 is 0 Å². The molecule has 0 N–H and O–H groups in total. The summed E-state index contributed by atoms with van der Waals surface area (Å²) in [4.78, 5) is 12.4. The number of hydrogen-bond donors (Lipinski definition) is 0. The lowest BCUT2D eigenvalue weighted by Gasteiger charge is -2.48. The van der Waals surface area contributed by atoms with Crippen LogP contribution in [0.4, 0.5) is 0 Å². The van der Waals surface area contributed by atoms with E-state index < -0.39 is 0 Å². The Kier molecular flexibility index (Phi) is 9.05. The zero-order valence-electron chi connectivity index (χ0n) is 19.1. The molecule has 0 spiro atoms. The quantitative estimate of drug-likeness (QED) is 0.297. The van der Waals surface area contributed by atoms with Crippen molar-refractivity contribution in [1.29, 1.82) is 0 Å². The van der Waals surface area contributed by atoms with E-state index in [4.69, 9.17) is 4.74 Å². The normalized spacial score (nSPS) is 20.3. The number of esters is 1. The van der Waals surface area contributed by atoms with Gasteiger partial charge in [0, 0.05) is 5.92 Å². The van der Waals surface area contributed by atoms with Gasteiger partial charge < -0.3 is 4.74 Å². The van der Waals surface area contributed by atoms with Crippen LogP contribution in [-0.4, -0.2) is 12.6 Å². The molecule has 1 aliphatic rings. The van der Waals surface area contributed by atoms with E-state index in [1.54, 1.807) is 0 Å². The van der Waals surface area contributed by atoms with Crippen LogP contribution in [0.1, 0.15) is 87.5 Å². The first-order chi connectivity index (χ1) is 12.5. The Morgan fingerprint density at radius 3 is 2.33 bits per heavy atom. The SMILES string of the molecule is C=C(C)C(CC=C(C)C)CCCC(C)C(=O)OCC1CC(=C(C)C)C1(C)C. The number of allylic oxidation sites excluding steroid dienone is 5. The van der Waals surface area contributed by atoms with E-state index in [-0.39, 0.29) is 17.3 Å². The highest BCUT2D eigenvalue weighted by atomic mass is 16.5. The van der Waals surface area contributed by atoms with Crippen molar-refractivity contribution in [3.8, 4) is 0 Å². The highest BCUT2D eigenvalue weighted by Crippen LogP contribution is 2.52. The number of ether oxygens (including phenoxy) is 1. The predicted octanol–water partition coefficient (Wildman–Crippen LogP) is 7.27. The lowest BCUT2D eigenvalue weighted by molar-refractivity contribution is -0.151. The number of hydrogen-bond acceptors (Lipinski definition) is 2. The molecule has 1 rings (SSSR count). The van der Waals surface area contributed by atoms with Crippen LogP contribution in [0, 0.1) is 23.2 Å². The van der Waals surface area contributed by atoms with Crippen molar-refractivity contribution in [2.45, 2.75) is 87.5 Å². The van der Waals surface area contributed by atoms with Crippen molar-refractivity contribution < 1.29 is 9.53 Å². The monoisotopic (exact) mass is 374 g/mol. The molecule has 2 heteroatoms. The van der Waals surface area contributed by atoms with Gasteiger partial charge in [-0.1, -0.05) is 62.1 Å². The third-order valence-corrected chi connectivity index (χ3v) is 6.38. The Bertz CT molecular complexity index is 583. The second-order valence-electron chi connectivity index (χ2n) is 9.62. The Hall–Kier alpha value is -1.31. The molecular weight excluding hydrogens is 332 g/mol. The topological polar surface area (TPSA) is 26.3 Å². The van der Waals surface area contributed by atoms with E-state index in [0.717, 1.165) is 32.1 Å².